The van der Waals surface area contributed by atoms with Gasteiger partial charge in [-0.2, -0.15) is 15.8 Å². The van der Waals surface area contributed by atoms with Crippen LogP contribution >= 0.6 is 0 Å². The van der Waals surface area contributed by atoms with Crippen LogP contribution in [0.1, 0.15) is 16.7 Å². The van der Waals surface area contributed by atoms with E-state index in [4.69, 9.17) is 21.5 Å². The fraction of sp³-hybridized carbons (Fsp3) is 0. The Kier molecular flexibility index (Phi) is 10.8. The summed E-state index contributed by atoms with van der Waals surface area (Å²) in [5.74, 6) is 1.47. The molecule has 0 N–H and O–H groups in total. The number of nitriles is 3. The second-order valence-electron chi connectivity index (χ2n) is 18.5. The summed E-state index contributed by atoms with van der Waals surface area (Å²) in [5.41, 5.74) is 14.6. The maximum Gasteiger partial charge on any atom is 0.189 e. The Hall–Kier alpha value is -11.2. The minimum atomic E-state index is 0.369. The lowest BCUT2D eigenvalue weighted by atomic mass is 9.98. The molecule has 0 aliphatic heterocycles. The summed E-state index contributed by atoms with van der Waals surface area (Å²) in [7, 11) is 0. The predicted molar refractivity (Wildman–Crippen MR) is 302 cm³/mol. The molecule has 0 unspecified atom stereocenters. The molecule has 3 aromatic heterocycles. The molecule has 0 radical (unpaired) electrons. The quantitative estimate of drug-likeness (QED) is 0.140. The number of aromatic nitrogens is 5. The van der Waals surface area contributed by atoms with Crippen molar-refractivity contribution in [2.45, 2.75) is 0 Å². The van der Waals surface area contributed by atoms with Gasteiger partial charge in [-0.25, -0.2) is 19.8 Å². The average molecular weight is 968 g/mol. The van der Waals surface area contributed by atoms with E-state index in [9.17, 15) is 15.8 Å². The summed E-state index contributed by atoms with van der Waals surface area (Å²) in [6, 6.07) is 81.4. The van der Waals surface area contributed by atoms with Crippen molar-refractivity contribution in [1.82, 2.24) is 24.1 Å². The summed E-state index contributed by atoms with van der Waals surface area (Å²) in [6.45, 7) is 7.88. The Morgan fingerprint density at radius 3 is 1.47 bits per heavy atom. The highest BCUT2D eigenvalue weighted by molar-refractivity contribution is 6.15. The van der Waals surface area contributed by atoms with Crippen molar-refractivity contribution in [1.29, 1.82) is 15.8 Å². The van der Waals surface area contributed by atoms with Gasteiger partial charge in [-0.15, -0.1) is 0 Å². The van der Waals surface area contributed by atoms with E-state index in [2.05, 4.69) is 141 Å². The van der Waals surface area contributed by atoms with E-state index in [1.807, 2.05) is 91.0 Å². The van der Waals surface area contributed by atoms with Crippen molar-refractivity contribution >= 4 is 49.3 Å². The van der Waals surface area contributed by atoms with Crippen LogP contribution in [0, 0.1) is 40.6 Å². The second kappa shape index (κ2) is 18.4. The molecule has 0 saturated carbocycles. The molecule has 0 saturated heterocycles. The first-order chi connectivity index (χ1) is 37.5. The zero-order valence-corrected chi connectivity index (χ0v) is 40.4. The lowest BCUT2D eigenvalue weighted by Gasteiger charge is -2.18. The number of hydrogen-bond donors (Lipinski definition) is 0. The first-order valence-corrected chi connectivity index (χ1v) is 24.5. The van der Waals surface area contributed by atoms with Gasteiger partial charge in [0, 0.05) is 55.0 Å². The lowest BCUT2D eigenvalue weighted by molar-refractivity contribution is 1.06. The standard InChI is InChI=1S/C67H37N9/c1-71-52-34-44(41-70)33-51(35-52)48-25-28-57-56-27-24-47(50-31-42(39-68)30-43(32-50)40-69)37-62(56)76(63(57)38-48)61-29-26-49(54-21-13-22-58-55-20-11-12-23-60(55)75(64(54)58)53-18-9-4-10-19-53)36-59(61)67-73-65(45-14-5-2-6-15-45)72-66(74-67)46-16-7-3-8-17-46/h2-38H. The molecule has 0 bridgehead atoms. The first kappa shape index (κ1) is 44.7. The third kappa shape index (κ3) is 7.66. The largest absolute Gasteiger partial charge is 0.309 e. The van der Waals surface area contributed by atoms with E-state index in [1.165, 1.54) is 0 Å². The van der Waals surface area contributed by atoms with Gasteiger partial charge < -0.3 is 9.13 Å². The second-order valence-corrected chi connectivity index (χ2v) is 18.5. The van der Waals surface area contributed by atoms with E-state index in [0.29, 0.717) is 39.9 Å². The van der Waals surface area contributed by atoms with Crippen molar-refractivity contribution in [2.24, 2.45) is 0 Å². The molecule has 0 aliphatic carbocycles. The van der Waals surface area contributed by atoms with Gasteiger partial charge in [0.05, 0.1) is 63.7 Å². The normalized spacial score (nSPS) is 11.1. The van der Waals surface area contributed by atoms with Crippen LogP contribution in [0.4, 0.5) is 5.69 Å². The molecule has 9 heteroatoms. The molecule has 0 spiro atoms. The highest BCUT2D eigenvalue weighted by Gasteiger charge is 2.24. The summed E-state index contributed by atoms with van der Waals surface area (Å²) in [4.78, 5) is 19.6. The fourth-order valence-electron chi connectivity index (χ4n) is 10.6. The molecule has 350 valence electrons. The number of benzene rings is 10. The van der Waals surface area contributed by atoms with Crippen LogP contribution in [0.3, 0.4) is 0 Å². The molecule has 0 aliphatic rings. The number of hydrogen-bond acceptors (Lipinski definition) is 6. The van der Waals surface area contributed by atoms with Crippen molar-refractivity contribution in [3.63, 3.8) is 0 Å². The van der Waals surface area contributed by atoms with Gasteiger partial charge in [0.25, 0.3) is 0 Å². The zero-order valence-electron chi connectivity index (χ0n) is 40.4. The summed E-state index contributed by atoms with van der Waals surface area (Å²) in [6.07, 6.45) is 0. The molecule has 76 heavy (non-hydrogen) atoms. The Labute approximate surface area is 436 Å². The van der Waals surface area contributed by atoms with Crippen LogP contribution in [-0.2, 0) is 0 Å². The highest BCUT2D eigenvalue weighted by atomic mass is 15.1. The zero-order chi connectivity index (χ0) is 51.3. The van der Waals surface area contributed by atoms with Crippen LogP contribution in [0.2, 0.25) is 0 Å². The molecule has 0 fully saturated rings. The van der Waals surface area contributed by atoms with E-state index < -0.39 is 0 Å². The van der Waals surface area contributed by atoms with Gasteiger partial charge in [-0.1, -0.05) is 146 Å². The van der Waals surface area contributed by atoms with Crippen molar-refractivity contribution in [3.8, 4) is 97.1 Å². The molecule has 9 nitrogen and oxygen atoms in total. The van der Waals surface area contributed by atoms with E-state index >= 15 is 0 Å². The Morgan fingerprint density at radius 1 is 0.355 bits per heavy atom. The predicted octanol–water partition coefficient (Wildman–Crippen LogP) is 16.2. The molecular formula is C67H37N9. The molecule has 13 aromatic rings. The monoisotopic (exact) mass is 967 g/mol. The topological polar surface area (TPSA) is 124 Å². The maximum absolute atomic E-state index is 10.1. The van der Waals surface area contributed by atoms with Crippen molar-refractivity contribution < 1.29 is 0 Å². The van der Waals surface area contributed by atoms with Crippen LogP contribution in [0.25, 0.3) is 127 Å². The fourth-order valence-corrected chi connectivity index (χ4v) is 10.6. The van der Waals surface area contributed by atoms with Gasteiger partial charge in [0.15, 0.2) is 23.2 Å². The number of para-hydroxylation sites is 3. The van der Waals surface area contributed by atoms with Gasteiger partial charge in [-0.05, 0) is 107 Å². The smallest absolute Gasteiger partial charge is 0.189 e. The molecule has 0 amide bonds. The minimum absolute atomic E-state index is 0.369. The van der Waals surface area contributed by atoms with Crippen LogP contribution < -0.4 is 0 Å². The molecule has 10 aromatic carbocycles. The van der Waals surface area contributed by atoms with E-state index in [0.717, 1.165) is 105 Å². The van der Waals surface area contributed by atoms with Gasteiger partial charge >= 0.3 is 0 Å². The third-order valence-electron chi connectivity index (χ3n) is 14.0. The maximum atomic E-state index is 10.1. The first-order valence-electron chi connectivity index (χ1n) is 24.5. The summed E-state index contributed by atoms with van der Waals surface area (Å²) in [5, 5.41) is 34.3. The minimum Gasteiger partial charge on any atom is -0.309 e. The summed E-state index contributed by atoms with van der Waals surface area (Å²) >= 11 is 0. The molecule has 0 atom stereocenters. The number of nitrogens with zero attached hydrogens (tertiary/aromatic N) is 9. The van der Waals surface area contributed by atoms with Gasteiger partial charge in [0.2, 0.25) is 0 Å². The van der Waals surface area contributed by atoms with Crippen LogP contribution in [0.5, 0.6) is 0 Å². The SMILES string of the molecule is [C-]#[N+]c1cc(C#N)cc(-c2ccc3c4ccc(-c5cc(C#N)cc(C#N)c5)cc4n(-c4ccc(-c5cccc6c7ccccc7n(-c7ccccc7)c56)cc4-c4nc(-c5ccccc5)nc(-c5ccccc5)n4)c3c2)c1. The Bertz CT molecular complexity index is 4420. The third-order valence-corrected chi connectivity index (χ3v) is 14.0. The summed E-state index contributed by atoms with van der Waals surface area (Å²) < 4.78 is 4.57. The van der Waals surface area contributed by atoms with E-state index in [1.54, 1.807) is 24.3 Å². The van der Waals surface area contributed by atoms with Crippen molar-refractivity contribution in [3.05, 3.63) is 253 Å². The highest BCUT2D eigenvalue weighted by Crippen LogP contribution is 2.44. The van der Waals surface area contributed by atoms with Gasteiger partial charge in [-0.3, -0.25) is 0 Å². The average Bonchev–Trinajstić information content (AvgIpc) is 4.04. The Morgan fingerprint density at radius 2 is 0.868 bits per heavy atom. The number of fused-ring (bicyclic) bond motifs is 6. The molecular weight excluding hydrogens is 931 g/mol. The number of rotatable bonds is 8. The van der Waals surface area contributed by atoms with Gasteiger partial charge in [0.1, 0.15) is 0 Å². The Balaban J connectivity index is 1.16. The molecule has 13 rings (SSSR count). The van der Waals surface area contributed by atoms with Crippen molar-refractivity contribution in [2.75, 3.05) is 0 Å². The lowest BCUT2D eigenvalue weighted by Crippen LogP contribution is -2.04. The van der Waals surface area contributed by atoms with Crippen LogP contribution in [-0.4, -0.2) is 24.1 Å². The van der Waals surface area contributed by atoms with E-state index in [-0.39, 0.29) is 0 Å². The van der Waals surface area contributed by atoms with Crippen LogP contribution in [0.15, 0.2) is 224 Å². The molecule has 3 heterocycles.